The zero-order chi connectivity index (χ0) is 37.1. The lowest BCUT2D eigenvalue weighted by atomic mass is 9.92. The Kier molecular flexibility index (Phi) is 13.3. The number of nitrogens with zero attached hydrogens (tertiary/aromatic N) is 3. The third kappa shape index (κ3) is 10.8. The number of carbonyl (C=O) groups excluding carboxylic acids is 3. The highest BCUT2D eigenvalue weighted by Crippen LogP contribution is 2.35. The monoisotopic (exact) mass is 714 g/mol. The van der Waals surface area contributed by atoms with Gasteiger partial charge in [0.05, 0.1) is 17.1 Å². The minimum absolute atomic E-state index is 0.00154. The van der Waals surface area contributed by atoms with Gasteiger partial charge in [0.1, 0.15) is 36.7 Å². The van der Waals surface area contributed by atoms with E-state index in [0.717, 1.165) is 33.3 Å². The number of amides is 3. The van der Waals surface area contributed by atoms with E-state index in [4.69, 9.17) is 26.2 Å². The Hall–Kier alpha value is -5.30. The first-order valence-corrected chi connectivity index (χ1v) is 16.5. The number of aryl methyl sites for hydroxylation is 1. The Morgan fingerprint density at radius 2 is 1.55 bits per heavy atom. The molecule has 12 nitrogen and oxygen atoms in total. The summed E-state index contributed by atoms with van der Waals surface area (Å²) in [7, 11) is 2.88. The quantitative estimate of drug-likeness (QED) is 0.118. The van der Waals surface area contributed by atoms with E-state index in [9.17, 15) is 14.4 Å². The van der Waals surface area contributed by atoms with Crippen molar-refractivity contribution in [1.82, 2.24) is 14.8 Å². The molecule has 3 aromatic carbocycles. The molecule has 2 heterocycles. The molecule has 3 N–H and O–H groups in total. The lowest BCUT2D eigenvalue weighted by Gasteiger charge is -2.19. The zero-order valence-electron chi connectivity index (χ0n) is 29.7. The summed E-state index contributed by atoms with van der Waals surface area (Å²) >= 11 is 4.81. The number of benzene rings is 3. The number of nitrogens with one attached hydrogen (secondary N) is 3. The summed E-state index contributed by atoms with van der Waals surface area (Å²) in [5.74, 6) is 1.34. The lowest BCUT2D eigenvalue weighted by Crippen LogP contribution is -2.21. The first-order chi connectivity index (χ1) is 24.3. The summed E-state index contributed by atoms with van der Waals surface area (Å²) in [5.41, 5.74) is 4.11. The summed E-state index contributed by atoms with van der Waals surface area (Å²) in [4.78, 5) is 39.2. The second kappa shape index (κ2) is 17.6. The smallest absolute Gasteiger partial charge is 0.324 e. The number of rotatable bonds is 11. The maximum atomic E-state index is 13.4. The molecule has 0 aliphatic rings. The average Bonchev–Trinajstić information content (AvgIpc) is 3.51. The molecule has 0 aliphatic carbocycles. The predicted molar refractivity (Wildman–Crippen MR) is 200 cm³/mol. The van der Waals surface area contributed by atoms with Crippen molar-refractivity contribution in [3.05, 3.63) is 102 Å². The van der Waals surface area contributed by atoms with Crippen molar-refractivity contribution in [2.75, 3.05) is 43.4 Å². The molecule has 0 bridgehead atoms. The number of hydrogen-bond acceptors (Lipinski definition) is 8. The summed E-state index contributed by atoms with van der Waals surface area (Å²) in [6.07, 6.45) is 1.27. The normalized spacial score (nSPS) is 11.6. The number of aromatic nitrogens is 3. The molecule has 0 saturated carbocycles. The van der Waals surface area contributed by atoms with Crippen molar-refractivity contribution < 1.29 is 28.6 Å². The van der Waals surface area contributed by atoms with E-state index in [1.807, 2.05) is 86.6 Å². The summed E-state index contributed by atoms with van der Waals surface area (Å²) in [6.45, 7) is 10.2. The van der Waals surface area contributed by atoms with Gasteiger partial charge in [-0.2, -0.15) is 5.10 Å². The molecule has 2 aromatic heterocycles. The summed E-state index contributed by atoms with van der Waals surface area (Å²) in [6, 6.07) is 24.5. The average molecular weight is 715 g/mol. The molecule has 13 heteroatoms. The molecule has 0 spiro atoms. The SMILES string of the molecule is COCC(=O)Cl.COCC(=O)Nc1cc(C(C)Oc2ccc(NC(=O)Nc3cc(C(C)(C)C)nn3-c3ccc(C)cc3)c3ccccc23)ccn1. The molecule has 5 rings (SSSR count). The van der Waals surface area contributed by atoms with Gasteiger partial charge < -0.3 is 24.8 Å². The number of methoxy groups -OCH3 is 2. The van der Waals surface area contributed by atoms with Gasteiger partial charge in [0.2, 0.25) is 5.24 Å². The van der Waals surface area contributed by atoms with Gasteiger partial charge in [-0.1, -0.05) is 62.7 Å². The van der Waals surface area contributed by atoms with Crippen LogP contribution in [0.25, 0.3) is 16.5 Å². The molecule has 3 amide bonds. The van der Waals surface area contributed by atoms with E-state index >= 15 is 0 Å². The van der Waals surface area contributed by atoms with Gasteiger partial charge >= 0.3 is 6.03 Å². The highest BCUT2D eigenvalue weighted by Gasteiger charge is 2.22. The Labute approximate surface area is 302 Å². The minimum Gasteiger partial charge on any atom is -0.485 e. The van der Waals surface area contributed by atoms with Crippen LogP contribution in [-0.4, -0.2) is 59.4 Å². The van der Waals surface area contributed by atoms with Gasteiger partial charge in [0.15, 0.2) is 0 Å². The molecule has 0 radical (unpaired) electrons. The number of urea groups is 1. The summed E-state index contributed by atoms with van der Waals surface area (Å²) < 4.78 is 17.3. The number of ether oxygens (including phenoxy) is 3. The van der Waals surface area contributed by atoms with Crippen LogP contribution in [0.4, 0.5) is 22.1 Å². The molecule has 51 heavy (non-hydrogen) atoms. The third-order valence-corrected chi connectivity index (χ3v) is 7.60. The number of fused-ring (bicyclic) bond motifs is 1. The number of hydrogen-bond donors (Lipinski definition) is 3. The number of pyridine rings is 1. The van der Waals surface area contributed by atoms with E-state index in [2.05, 4.69) is 46.4 Å². The molecule has 1 atom stereocenters. The van der Waals surface area contributed by atoms with Crippen LogP contribution in [0.1, 0.15) is 50.6 Å². The Morgan fingerprint density at radius 3 is 2.18 bits per heavy atom. The third-order valence-electron chi connectivity index (χ3n) is 7.49. The fourth-order valence-electron chi connectivity index (χ4n) is 4.92. The van der Waals surface area contributed by atoms with E-state index in [1.54, 1.807) is 16.9 Å². The Morgan fingerprint density at radius 1 is 0.863 bits per heavy atom. The first kappa shape index (κ1) is 38.5. The van der Waals surface area contributed by atoms with Crippen LogP contribution in [0, 0.1) is 6.92 Å². The second-order valence-corrected chi connectivity index (χ2v) is 13.1. The molecular weight excluding hydrogens is 672 g/mol. The van der Waals surface area contributed by atoms with Crippen LogP contribution in [0.5, 0.6) is 5.75 Å². The molecule has 0 fully saturated rings. The molecule has 1 unspecified atom stereocenters. The van der Waals surface area contributed by atoms with E-state index in [0.29, 0.717) is 23.1 Å². The number of anilines is 3. The van der Waals surface area contributed by atoms with Gasteiger partial charge in [-0.3, -0.25) is 14.9 Å². The predicted octanol–water partition coefficient (Wildman–Crippen LogP) is 7.79. The van der Waals surface area contributed by atoms with Crippen molar-refractivity contribution in [2.24, 2.45) is 0 Å². The molecule has 5 aromatic rings. The molecule has 0 aliphatic heterocycles. The zero-order valence-corrected chi connectivity index (χ0v) is 30.5. The molecule has 268 valence electrons. The topological polar surface area (TPSA) is 146 Å². The molecule has 0 saturated heterocycles. The second-order valence-electron chi connectivity index (χ2n) is 12.7. The van der Waals surface area contributed by atoms with Crippen LogP contribution in [0.15, 0.2) is 85.1 Å². The maximum absolute atomic E-state index is 13.4. The Balaban J connectivity index is 0.000000894. The van der Waals surface area contributed by atoms with Crippen molar-refractivity contribution in [3.63, 3.8) is 0 Å². The van der Waals surface area contributed by atoms with Gasteiger partial charge in [-0.15, -0.1) is 0 Å². The van der Waals surface area contributed by atoms with Gasteiger partial charge in [0.25, 0.3) is 5.91 Å². The van der Waals surface area contributed by atoms with Crippen LogP contribution < -0.4 is 20.7 Å². The minimum atomic E-state index is -0.461. The van der Waals surface area contributed by atoms with Crippen molar-refractivity contribution in [1.29, 1.82) is 0 Å². The highest BCUT2D eigenvalue weighted by molar-refractivity contribution is 6.63. The van der Waals surface area contributed by atoms with E-state index in [1.165, 1.54) is 14.2 Å². The first-order valence-electron chi connectivity index (χ1n) is 16.1. The number of halogens is 1. The fraction of sp³-hybridized carbons (Fsp3) is 0.289. The highest BCUT2D eigenvalue weighted by atomic mass is 35.5. The van der Waals surface area contributed by atoms with Crippen molar-refractivity contribution in [3.8, 4) is 11.4 Å². The van der Waals surface area contributed by atoms with Gasteiger partial charge in [-0.05, 0) is 67.4 Å². The van der Waals surface area contributed by atoms with Crippen LogP contribution in [0.2, 0.25) is 0 Å². The summed E-state index contributed by atoms with van der Waals surface area (Å²) in [5, 5.41) is 14.7. The van der Waals surface area contributed by atoms with E-state index < -0.39 is 11.3 Å². The lowest BCUT2D eigenvalue weighted by molar-refractivity contribution is -0.119. The maximum Gasteiger partial charge on any atom is 0.324 e. The van der Waals surface area contributed by atoms with E-state index in [-0.39, 0.29) is 30.6 Å². The van der Waals surface area contributed by atoms with Crippen LogP contribution in [-0.2, 0) is 24.5 Å². The molecular formula is C38H43ClN6O6. The fourth-order valence-corrected chi connectivity index (χ4v) is 5.03. The standard InChI is InChI=1S/C35H38N6O4.C3H5ClO2/c1-22-11-13-25(14-12-22)41-32(20-30(40-41)35(3,4)5)39-34(43)37-28-15-16-29(27-10-8-7-9-26(27)28)45-23(2)24-17-18-36-31(19-24)38-33(42)21-44-6;1-6-2-3(4)5/h7-20,23H,21H2,1-6H3,(H,36,38,42)(H2,37,39,43);2H2,1H3. The van der Waals surface area contributed by atoms with Crippen LogP contribution >= 0.6 is 11.6 Å². The number of carbonyl (C=O) groups is 3. The van der Waals surface area contributed by atoms with Gasteiger partial charge in [0, 0.05) is 42.7 Å². The van der Waals surface area contributed by atoms with Crippen molar-refractivity contribution >= 4 is 56.9 Å². The Bertz CT molecular complexity index is 1970. The van der Waals surface area contributed by atoms with Crippen LogP contribution in [0.3, 0.4) is 0 Å². The van der Waals surface area contributed by atoms with Crippen molar-refractivity contribution in [2.45, 2.75) is 46.1 Å². The van der Waals surface area contributed by atoms with Gasteiger partial charge in [-0.25, -0.2) is 14.5 Å². The largest absolute Gasteiger partial charge is 0.485 e.